The van der Waals surface area contributed by atoms with Gasteiger partial charge < -0.3 is 9.29 Å². The van der Waals surface area contributed by atoms with Crippen LogP contribution in [0.5, 0.6) is 0 Å². The Hall–Kier alpha value is -1.61. The van der Waals surface area contributed by atoms with Gasteiger partial charge in [0, 0.05) is 43.4 Å². The van der Waals surface area contributed by atoms with Crippen molar-refractivity contribution in [2.45, 2.75) is 78.6 Å². The molecule has 4 rings (SSSR count). The van der Waals surface area contributed by atoms with Gasteiger partial charge in [-0.05, 0) is 60.7 Å². The number of rotatable bonds is 7. The van der Waals surface area contributed by atoms with Crippen LogP contribution in [0.15, 0.2) is 0 Å². The zero-order valence-electron chi connectivity index (χ0n) is 20.9. The lowest BCUT2D eigenvalue weighted by atomic mass is 9.44. The van der Waals surface area contributed by atoms with Crippen molar-refractivity contribution < 1.29 is 36.9 Å². The van der Waals surface area contributed by atoms with Crippen molar-refractivity contribution >= 4 is 33.4 Å². The Morgan fingerprint density at radius 2 is 1.83 bits per heavy atom. The lowest BCUT2D eigenvalue weighted by Crippen LogP contribution is -2.60. The van der Waals surface area contributed by atoms with E-state index in [4.69, 9.17) is 4.74 Å². The van der Waals surface area contributed by atoms with E-state index >= 15 is 0 Å². The van der Waals surface area contributed by atoms with Gasteiger partial charge in [0.05, 0.1) is 15.9 Å². The minimum Gasteiger partial charge on any atom is -0.748 e. The Morgan fingerprint density at radius 1 is 1.11 bits per heavy atom. The van der Waals surface area contributed by atoms with Crippen LogP contribution in [-0.4, -0.2) is 48.6 Å². The monoisotopic (exact) mass is 509 g/mol. The molecule has 196 valence electrons. The molecule has 0 aliphatic heterocycles. The SMILES string of the molecule is C[C@H](CCC(=O)OCCS(=O)(=O)[O-])[C@H]1CC[C@H]2[C@@H]3C(=O)CC4CC(=O)CC[C@]4(C)[C@H]3CC(=O)[C@]12C. The van der Waals surface area contributed by atoms with Crippen LogP contribution >= 0.6 is 0 Å². The van der Waals surface area contributed by atoms with Gasteiger partial charge in [0.1, 0.15) is 24.0 Å². The highest BCUT2D eigenvalue weighted by Crippen LogP contribution is 2.66. The number of ketones is 3. The fraction of sp³-hybridized carbons (Fsp3) is 0.846. The topological polar surface area (TPSA) is 135 Å². The maximum atomic E-state index is 13.8. The zero-order chi connectivity index (χ0) is 25.8. The second kappa shape index (κ2) is 9.36. The van der Waals surface area contributed by atoms with Crippen LogP contribution in [0.3, 0.4) is 0 Å². The van der Waals surface area contributed by atoms with E-state index in [1.54, 1.807) is 0 Å². The van der Waals surface area contributed by atoms with Gasteiger partial charge in [0.25, 0.3) is 0 Å². The second-order valence-corrected chi connectivity index (χ2v) is 13.5. The molecule has 0 saturated heterocycles. The van der Waals surface area contributed by atoms with Crippen molar-refractivity contribution in [2.75, 3.05) is 12.4 Å². The van der Waals surface area contributed by atoms with Gasteiger partial charge in [0.15, 0.2) is 0 Å². The summed E-state index contributed by atoms with van der Waals surface area (Å²) < 4.78 is 36.9. The Kier molecular flexibility index (Phi) is 7.07. The fourth-order valence-electron chi connectivity index (χ4n) is 8.27. The molecule has 4 aliphatic rings. The Morgan fingerprint density at radius 3 is 2.51 bits per heavy atom. The number of hydrogen-bond acceptors (Lipinski definition) is 8. The van der Waals surface area contributed by atoms with Crippen LogP contribution < -0.4 is 0 Å². The summed E-state index contributed by atoms with van der Waals surface area (Å²) in [5, 5.41) is 0. The number of carbonyl (C=O) groups excluding carboxylic acids is 4. The molecule has 0 N–H and O–H groups in total. The first-order valence-corrected chi connectivity index (χ1v) is 14.5. The van der Waals surface area contributed by atoms with Crippen molar-refractivity contribution in [2.24, 2.45) is 46.3 Å². The van der Waals surface area contributed by atoms with Gasteiger partial charge in [-0.1, -0.05) is 20.8 Å². The molecule has 0 heterocycles. The second-order valence-electron chi connectivity index (χ2n) is 11.9. The number of esters is 1. The quantitative estimate of drug-likeness (QED) is 0.377. The molecule has 0 aromatic carbocycles. The van der Waals surface area contributed by atoms with Gasteiger partial charge in [-0.25, -0.2) is 8.42 Å². The molecule has 0 radical (unpaired) electrons. The molecular formula is C26H37O8S-. The predicted molar refractivity (Wildman–Crippen MR) is 125 cm³/mol. The van der Waals surface area contributed by atoms with Gasteiger partial charge >= 0.3 is 5.97 Å². The summed E-state index contributed by atoms with van der Waals surface area (Å²) in [5.41, 5.74) is -0.751. The molecule has 1 unspecified atom stereocenters. The minimum absolute atomic E-state index is 0.00156. The van der Waals surface area contributed by atoms with E-state index < -0.39 is 33.9 Å². The first-order valence-electron chi connectivity index (χ1n) is 12.9. The van der Waals surface area contributed by atoms with Crippen molar-refractivity contribution in [1.29, 1.82) is 0 Å². The summed E-state index contributed by atoms with van der Waals surface area (Å²) in [7, 11) is -4.43. The maximum Gasteiger partial charge on any atom is 0.305 e. The van der Waals surface area contributed by atoms with E-state index in [1.165, 1.54) is 0 Å². The van der Waals surface area contributed by atoms with Crippen molar-refractivity contribution in [3.8, 4) is 0 Å². The third-order valence-corrected chi connectivity index (χ3v) is 11.0. The highest BCUT2D eigenvalue weighted by molar-refractivity contribution is 7.85. The van der Waals surface area contributed by atoms with Crippen LogP contribution in [0, 0.1) is 46.3 Å². The van der Waals surface area contributed by atoms with Crippen LogP contribution in [0.4, 0.5) is 0 Å². The average Bonchev–Trinajstić information content (AvgIpc) is 3.12. The molecule has 9 heteroatoms. The van der Waals surface area contributed by atoms with Gasteiger partial charge in [-0.2, -0.15) is 0 Å². The van der Waals surface area contributed by atoms with Gasteiger partial charge in [0.2, 0.25) is 0 Å². The molecule has 0 bridgehead atoms. The third-order valence-electron chi connectivity index (χ3n) is 10.3. The third kappa shape index (κ3) is 4.75. The maximum absolute atomic E-state index is 13.8. The van der Waals surface area contributed by atoms with E-state index in [9.17, 15) is 32.1 Å². The molecule has 4 aliphatic carbocycles. The summed E-state index contributed by atoms with van der Waals surface area (Å²) in [4.78, 5) is 51.4. The number of carbonyl (C=O) groups is 4. The number of fused-ring (bicyclic) bond motifs is 5. The molecule has 8 atom stereocenters. The van der Waals surface area contributed by atoms with Crippen molar-refractivity contribution in [3.05, 3.63) is 0 Å². The van der Waals surface area contributed by atoms with Crippen molar-refractivity contribution in [3.63, 3.8) is 0 Å². The van der Waals surface area contributed by atoms with Gasteiger partial charge in [-0.3, -0.25) is 19.2 Å². The molecule has 4 saturated carbocycles. The standard InChI is InChI=1S/C26H38O8S/c1-15(4-7-23(30)34-10-11-35(31,32)33)18-5-6-19-24-20(14-22(29)26(18,19)3)25(2)9-8-17(27)12-16(25)13-21(24)28/h15-16,18-20,24H,4-14H2,1-3H3,(H,31,32,33)/p-1/t15-,16?,18-,19+,20+,24+,25+,26-/m1/s1. The highest BCUT2D eigenvalue weighted by atomic mass is 32.2. The number of Topliss-reactive ketones (excluding diaryl/α,β-unsaturated/α-hetero) is 3. The lowest BCUT2D eigenvalue weighted by Gasteiger charge is -2.58. The summed E-state index contributed by atoms with van der Waals surface area (Å²) in [6.45, 7) is 5.80. The number of hydrogen-bond donors (Lipinski definition) is 0. The Bertz CT molecular complexity index is 1020. The highest BCUT2D eigenvalue weighted by Gasteiger charge is 2.66. The van der Waals surface area contributed by atoms with Crippen LogP contribution in [0.1, 0.15) is 78.6 Å². The molecule has 4 fully saturated rings. The zero-order valence-corrected chi connectivity index (χ0v) is 21.7. The fourth-order valence-corrected chi connectivity index (χ4v) is 8.55. The molecule has 35 heavy (non-hydrogen) atoms. The summed E-state index contributed by atoms with van der Waals surface area (Å²) in [5.74, 6) is -0.594. The average molecular weight is 510 g/mol. The summed E-state index contributed by atoms with van der Waals surface area (Å²) in [6.07, 6.45) is 4.81. The predicted octanol–water partition coefficient (Wildman–Crippen LogP) is 3.08. The van der Waals surface area contributed by atoms with Crippen LogP contribution in [-0.2, 0) is 34.0 Å². The van der Waals surface area contributed by atoms with E-state index in [0.29, 0.717) is 32.1 Å². The van der Waals surface area contributed by atoms with E-state index in [0.717, 1.165) is 19.3 Å². The van der Waals surface area contributed by atoms with Crippen LogP contribution in [0.25, 0.3) is 0 Å². The Balaban J connectivity index is 1.45. The molecule has 0 aromatic heterocycles. The molecular weight excluding hydrogens is 472 g/mol. The largest absolute Gasteiger partial charge is 0.748 e. The molecule has 8 nitrogen and oxygen atoms in total. The molecule has 0 spiro atoms. The molecule has 0 aromatic rings. The normalized spacial score (nSPS) is 40.0. The first-order chi connectivity index (χ1) is 16.3. The smallest absolute Gasteiger partial charge is 0.305 e. The van der Waals surface area contributed by atoms with Crippen molar-refractivity contribution in [1.82, 2.24) is 0 Å². The first kappa shape index (κ1) is 26.5. The lowest BCUT2D eigenvalue weighted by molar-refractivity contribution is -0.166. The van der Waals surface area contributed by atoms with E-state index in [-0.39, 0.29) is 64.7 Å². The number of ether oxygens (including phenoxy) is 1. The van der Waals surface area contributed by atoms with E-state index in [2.05, 4.69) is 6.92 Å². The van der Waals surface area contributed by atoms with Gasteiger partial charge in [-0.15, -0.1) is 0 Å². The Labute approximate surface area is 207 Å². The van der Waals surface area contributed by atoms with E-state index in [1.807, 2.05) is 13.8 Å². The summed E-state index contributed by atoms with van der Waals surface area (Å²) >= 11 is 0. The van der Waals surface area contributed by atoms with Crippen LogP contribution in [0.2, 0.25) is 0 Å². The minimum atomic E-state index is -4.43. The summed E-state index contributed by atoms with van der Waals surface area (Å²) in [6, 6.07) is 0. The molecule has 0 amide bonds.